The molecule has 1 aliphatic rings. The average molecular weight is 525 g/mol. The Morgan fingerprint density at radius 2 is 1.47 bits per heavy atom. The van der Waals surface area contributed by atoms with Crippen molar-refractivity contribution in [2.75, 3.05) is 6.61 Å². The highest BCUT2D eigenvalue weighted by atomic mass is 32.2. The second-order valence-electron chi connectivity index (χ2n) is 7.94. The Hall–Kier alpha value is -3.31. The van der Waals surface area contributed by atoms with Crippen molar-refractivity contribution in [3.63, 3.8) is 0 Å². The van der Waals surface area contributed by atoms with Gasteiger partial charge in [-0.2, -0.15) is 8.42 Å². The second-order valence-corrected chi connectivity index (χ2v) is 9.73. The molecule has 3 aromatic carbocycles. The number of aliphatic imine (C=N–C) groups is 1. The number of nitrogens with zero attached hydrogens (tertiary/aromatic N) is 1. The van der Waals surface area contributed by atoms with Crippen LogP contribution in [0.25, 0.3) is 11.1 Å². The van der Waals surface area contributed by atoms with E-state index >= 15 is 0 Å². The first-order valence-corrected chi connectivity index (χ1v) is 12.3. The van der Waals surface area contributed by atoms with Gasteiger partial charge in [0.2, 0.25) is 0 Å². The molecule has 0 saturated heterocycles. The van der Waals surface area contributed by atoms with E-state index in [1.54, 1.807) is 24.3 Å². The first-order valence-electron chi connectivity index (χ1n) is 10.8. The molecule has 0 amide bonds. The third-order valence-electron chi connectivity index (χ3n) is 5.60. The molecule has 0 spiro atoms. The van der Waals surface area contributed by atoms with E-state index in [9.17, 15) is 30.4 Å². The van der Waals surface area contributed by atoms with Crippen LogP contribution in [-0.4, -0.2) is 32.3 Å². The van der Waals surface area contributed by atoms with Crippen LogP contribution in [0.5, 0.6) is 5.75 Å². The van der Waals surface area contributed by atoms with Crippen molar-refractivity contribution in [1.82, 2.24) is 0 Å². The highest BCUT2D eigenvalue weighted by Crippen LogP contribution is 2.37. The molecule has 1 heterocycles. The van der Waals surface area contributed by atoms with Crippen LogP contribution in [0.15, 0.2) is 71.7 Å². The van der Waals surface area contributed by atoms with Gasteiger partial charge in [0.1, 0.15) is 22.6 Å². The highest BCUT2D eigenvalue weighted by Gasteiger charge is 2.41. The van der Waals surface area contributed by atoms with Gasteiger partial charge in [-0.05, 0) is 54.3 Å². The maximum Gasteiger partial charge on any atom is 0.573 e. The minimum Gasteiger partial charge on any atom is -0.406 e. The molecule has 4 rings (SSSR count). The Kier molecular flexibility index (Phi) is 7.14. The van der Waals surface area contributed by atoms with E-state index in [1.807, 2.05) is 0 Å². The van der Waals surface area contributed by atoms with Crippen molar-refractivity contribution in [1.29, 1.82) is 0 Å². The van der Waals surface area contributed by atoms with Gasteiger partial charge in [-0.15, -0.1) is 13.2 Å². The minimum atomic E-state index is -4.79. The number of halogens is 5. The molecule has 0 fully saturated rings. The van der Waals surface area contributed by atoms with Crippen LogP contribution in [0, 0.1) is 11.6 Å². The third-order valence-corrected chi connectivity index (χ3v) is 7.28. The Labute approximate surface area is 204 Å². The van der Waals surface area contributed by atoms with Gasteiger partial charge in [0.05, 0.1) is 23.9 Å². The van der Waals surface area contributed by atoms with Gasteiger partial charge in [0.25, 0.3) is 10.1 Å². The number of benzene rings is 3. The second kappa shape index (κ2) is 9.98. The summed E-state index contributed by atoms with van der Waals surface area (Å²) in [7, 11) is -4.21. The summed E-state index contributed by atoms with van der Waals surface area (Å²) >= 11 is 0. The van der Waals surface area contributed by atoms with Crippen molar-refractivity contribution < 1.29 is 39.3 Å². The highest BCUT2D eigenvalue weighted by molar-refractivity contribution is 7.88. The van der Waals surface area contributed by atoms with E-state index in [0.717, 1.165) is 12.1 Å². The van der Waals surface area contributed by atoms with Crippen LogP contribution >= 0.6 is 0 Å². The molecule has 2 unspecified atom stereocenters. The lowest BCUT2D eigenvalue weighted by molar-refractivity contribution is -0.274. The molecule has 2 atom stereocenters. The van der Waals surface area contributed by atoms with Crippen molar-refractivity contribution in [2.45, 2.75) is 31.0 Å². The first kappa shape index (κ1) is 25.8. The van der Waals surface area contributed by atoms with Crippen LogP contribution in [0.2, 0.25) is 0 Å². The Morgan fingerprint density at radius 3 is 2.00 bits per heavy atom. The third kappa shape index (κ3) is 5.57. The number of hydrogen-bond donors (Lipinski definition) is 0. The summed E-state index contributed by atoms with van der Waals surface area (Å²) in [6, 6.07) is 14.6. The largest absolute Gasteiger partial charge is 0.573 e. The zero-order valence-electron chi connectivity index (χ0n) is 18.8. The van der Waals surface area contributed by atoms with Crippen LogP contribution < -0.4 is 4.74 Å². The van der Waals surface area contributed by atoms with Crippen LogP contribution in [0.3, 0.4) is 0 Å². The summed E-state index contributed by atoms with van der Waals surface area (Å²) in [6.07, 6.45) is -4.86. The molecule has 0 aromatic heterocycles. The molecule has 0 radical (unpaired) electrons. The molecule has 0 bridgehead atoms. The molecule has 0 N–H and O–H groups in total. The quantitative estimate of drug-likeness (QED) is 0.272. The molecule has 11 heteroatoms. The normalized spacial score (nSPS) is 18.2. The molecule has 190 valence electrons. The predicted molar refractivity (Wildman–Crippen MR) is 123 cm³/mol. The van der Waals surface area contributed by atoms with E-state index in [4.69, 9.17) is 4.18 Å². The van der Waals surface area contributed by atoms with Crippen molar-refractivity contribution in [3.05, 3.63) is 89.5 Å². The Balaban J connectivity index is 1.63. The van der Waals surface area contributed by atoms with Gasteiger partial charge in [0, 0.05) is 0 Å². The van der Waals surface area contributed by atoms with Gasteiger partial charge >= 0.3 is 6.36 Å². The summed E-state index contributed by atoms with van der Waals surface area (Å²) < 4.78 is 100. The van der Waals surface area contributed by atoms with Crippen LogP contribution in [0.4, 0.5) is 22.0 Å². The summed E-state index contributed by atoms with van der Waals surface area (Å²) in [5, 5.41) is -1.37. The number of rotatable bonds is 7. The van der Waals surface area contributed by atoms with Crippen LogP contribution in [0.1, 0.15) is 30.5 Å². The molecule has 3 aromatic rings. The minimum absolute atomic E-state index is 0.0751. The van der Waals surface area contributed by atoms with E-state index in [1.165, 1.54) is 37.3 Å². The standard InChI is InChI=1S/C25H20F5NO4S/c1-2-34-36(32,33)22-14-21(31-24(22)23-19(26)4-3-5-20(23)27)17-8-6-15(7-9-17)16-10-12-18(13-11-16)35-25(28,29)30/h3-13,21-22H,2,14H2,1H3. The van der Waals surface area contributed by atoms with Gasteiger partial charge in [-0.25, -0.2) is 8.78 Å². The van der Waals surface area contributed by atoms with E-state index in [0.29, 0.717) is 16.7 Å². The average Bonchev–Trinajstić information content (AvgIpc) is 3.25. The van der Waals surface area contributed by atoms with E-state index in [-0.39, 0.29) is 24.5 Å². The lowest BCUT2D eigenvalue weighted by Crippen LogP contribution is -2.31. The lowest BCUT2D eigenvalue weighted by Gasteiger charge is -2.15. The fourth-order valence-corrected chi connectivity index (χ4v) is 5.41. The summed E-state index contributed by atoms with van der Waals surface area (Å²) in [6.45, 7) is 1.35. The maximum absolute atomic E-state index is 14.5. The van der Waals surface area contributed by atoms with Gasteiger partial charge in [-0.3, -0.25) is 9.18 Å². The molecule has 5 nitrogen and oxygen atoms in total. The number of hydrogen-bond acceptors (Lipinski definition) is 5. The van der Waals surface area contributed by atoms with Crippen molar-refractivity contribution in [3.8, 4) is 16.9 Å². The monoisotopic (exact) mass is 525 g/mol. The lowest BCUT2D eigenvalue weighted by atomic mass is 9.99. The molecule has 0 saturated carbocycles. The summed E-state index contributed by atoms with van der Waals surface area (Å²) in [5.74, 6) is -2.21. The zero-order valence-corrected chi connectivity index (χ0v) is 19.6. The Bertz CT molecular complexity index is 1350. The summed E-state index contributed by atoms with van der Waals surface area (Å²) in [5.41, 5.74) is 1.15. The predicted octanol–water partition coefficient (Wildman–Crippen LogP) is 6.20. The molecule has 36 heavy (non-hydrogen) atoms. The Morgan fingerprint density at radius 1 is 0.917 bits per heavy atom. The topological polar surface area (TPSA) is 65.0 Å². The molecular formula is C25H20F5NO4S. The molecule has 1 aliphatic heterocycles. The smallest absolute Gasteiger partial charge is 0.406 e. The van der Waals surface area contributed by atoms with Crippen molar-refractivity contribution in [2.24, 2.45) is 4.99 Å². The fourth-order valence-electron chi connectivity index (χ4n) is 4.04. The molecule has 0 aliphatic carbocycles. The zero-order chi connectivity index (χ0) is 26.1. The first-order chi connectivity index (χ1) is 17.0. The van der Waals surface area contributed by atoms with Gasteiger partial charge in [-0.1, -0.05) is 42.5 Å². The molecular weight excluding hydrogens is 505 g/mol. The fraction of sp³-hybridized carbons (Fsp3) is 0.240. The number of ether oxygens (including phenoxy) is 1. The van der Waals surface area contributed by atoms with E-state index in [2.05, 4.69) is 9.73 Å². The van der Waals surface area contributed by atoms with Gasteiger partial charge in [0.15, 0.2) is 0 Å². The van der Waals surface area contributed by atoms with Crippen molar-refractivity contribution >= 4 is 15.8 Å². The SMILES string of the molecule is CCOS(=O)(=O)C1CC(c2ccc(-c3ccc(OC(F)(F)F)cc3)cc2)N=C1c1c(F)cccc1F. The van der Waals surface area contributed by atoms with E-state index < -0.39 is 45.0 Å². The number of alkyl halides is 3. The van der Waals surface area contributed by atoms with Crippen LogP contribution in [-0.2, 0) is 14.3 Å². The maximum atomic E-state index is 14.5. The summed E-state index contributed by atoms with van der Waals surface area (Å²) in [4.78, 5) is 4.38. The van der Waals surface area contributed by atoms with Gasteiger partial charge < -0.3 is 4.74 Å².